The molecule has 7 heteroatoms. The van der Waals surface area contributed by atoms with Crippen molar-refractivity contribution in [1.29, 1.82) is 0 Å². The van der Waals surface area contributed by atoms with Crippen LogP contribution in [0.3, 0.4) is 0 Å². The van der Waals surface area contributed by atoms with E-state index in [4.69, 9.17) is 11.6 Å². The number of rotatable bonds is 1. The lowest BCUT2D eigenvalue weighted by molar-refractivity contribution is 0.0712. The van der Waals surface area contributed by atoms with Crippen molar-refractivity contribution < 1.29 is 13.2 Å². The molecular weight excluding hydrogens is 354 g/mol. The Morgan fingerprint density at radius 3 is 2.74 bits per heavy atom. The summed E-state index contributed by atoms with van der Waals surface area (Å²) < 4.78 is 23.7. The van der Waals surface area contributed by atoms with Crippen molar-refractivity contribution in [3.8, 4) is 0 Å². The Hall–Kier alpha value is -0.590. The lowest BCUT2D eigenvalue weighted by Gasteiger charge is -2.33. The third kappa shape index (κ3) is 3.30. The molecule has 1 amide bonds. The van der Waals surface area contributed by atoms with Crippen LogP contribution in [0.2, 0.25) is 5.02 Å². The quantitative estimate of drug-likeness (QED) is 0.767. The van der Waals surface area contributed by atoms with E-state index in [-0.39, 0.29) is 30.0 Å². The monoisotopic (exact) mass is 365 g/mol. The number of nitrogens with zero attached hydrogens (tertiary/aromatic N) is 1. The topological polar surface area (TPSA) is 54.5 Å². The molecule has 104 valence electrons. The molecule has 0 aliphatic carbocycles. The van der Waals surface area contributed by atoms with Gasteiger partial charge in [-0.3, -0.25) is 4.79 Å². The first-order valence-electron chi connectivity index (χ1n) is 5.76. The van der Waals surface area contributed by atoms with Gasteiger partial charge in [0.15, 0.2) is 9.84 Å². The summed E-state index contributed by atoms with van der Waals surface area (Å²) in [6, 6.07) is 4.64. The second kappa shape index (κ2) is 5.42. The predicted molar refractivity (Wildman–Crippen MR) is 78.3 cm³/mol. The predicted octanol–water partition coefficient (Wildman–Crippen LogP) is 2.36. The van der Waals surface area contributed by atoms with Gasteiger partial charge in [-0.15, -0.1) is 0 Å². The number of sulfone groups is 1. The summed E-state index contributed by atoms with van der Waals surface area (Å²) in [4.78, 5) is 13.9. The zero-order valence-corrected chi connectivity index (χ0v) is 13.4. The van der Waals surface area contributed by atoms with Gasteiger partial charge >= 0.3 is 0 Å². The Balaban J connectivity index is 2.22. The van der Waals surface area contributed by atoms with Gasteiger partial charge in [-0.2, -0.15) is 0 Å². The van der Waals surface area contributed by atoms with Crippen LogP contribution in [0.25, 0.3) is 0 Å². The first-order valence-corrected chi connectivity index (χ1v) is 8.76. The van der Waals surface area contributed by atoms with Gasteiger partial charge in [0.25, 0.3) is 5.91 Å². The number of carbonyl (C=O) groups excluding carboxylic acids is 1. The van der Waals surface area contributed by atoms with Crippen LogP contribution in [0, 0.1) is 0 Å². The van der Waals surface area contributed by atoms with Gasteiger partial charge in [0.2, 0.25) is 0 Å². The number of benzene rings is 1. The molecule has 4 nitrogen and oxygen atoms in total. The van der Waals surface area contributed by atoms with E-state index in [1.807, 2.05) is 0 Å². The minimum absolute atomic E-state index is 0.0213. The van der Waals surface area contributed by atoms with E-state index < -0.39 is 9.84 Å². The standard InChI is InChI=1S/C12H13BrClNO3S/c1-8-7-19(17,18)5-4-15(8)12(16)9-2-3-11(14)10(13)6-9/h2-3,6,8H,4-5,7H2,1H3. The Labute approximate surface area is 125 Å². The summed E-state index contributed by atoms with van der Waals surface area (Å²) in [5.41, 5.74) is 0.502. The van der Waals surface area contributed by atoms with Gasteiger partial charge in [0, 0.05) is 22.6 Å². The van der Waals surface area contributed by atoms with E-state index in [1.54, 1.807) is 30.0 Å². The second-order valence-electron chi connectivity index (χ2n) is 4.59. The van der Waals surface area contributed by atoms with E-state index >= 15 is 0 Å². The van der Waals surface area contributed by atoms with Crippen LogP contribution in [-0.4, -0.2) is 43.3 Å². The van der Waals surface area contributed by atoms with Gasteiger partial charge in [-0.1, -0.05) is 11.6 Å². The van der Waals surface area contributed by atoms with E-state index in [0.717, 1.165) is 0 Å². The Morgan fingerprint density at radius 1 is 1.47 bits per heavy atom. The largest absolute Gasteiger partial charge is 0.334 e. The summed E-state index contributed by atoms with van der Waals surface area (Å²) in [7, 11) is -3.02. The van der Waals surface area contributed by atoms with E-state index in [2.05, 4.69) is 15.9 Å². The van der Waals surface area contributed by atoms with Crippen LogP contribution in [0.4, 0.5) is 0 Å². The maximum absolute atomic E-state index is 12.4. The molecule has 0 saturated carbocycles. The van der Waals surface area contributed by atoms with Crippen LogP contribution in [0.15, 0.2) is 22.7 Å². The first-order chi connectivity index (χ1) is 8.80. The second-order valence-corrected chi connectivity index (χ2v) is 8.08. The van der Waals surface area contributed by atoms with Crippen LogP contribution >= 0.6 is 27.5 Å². The summed E-state index contributed by atoms with van der Waals surface area (Å²) in [6.07, 6.45) is 0. The number of hydrogen-bond donors (Lipinski definition) is 0. The SMILES string of the molecule is CC1CS(=O)(=O)CCN1C(=O)c1ccc(Cl)c(Br)c1. The molecule has 1 heterocycles. The van der Waals surface area contributed by atoms with E-state index in [0.29, 0.717) is 15.1 Å². The summed E-state index contributed by atoms with van der Waals surface area (Å²) >= 11 is 9.16. The highest BCUT2D eigenvalue weighted by Crippen LogP contribution is 2.24. The van der Waals surface area contributed by atoms with Crippen molar-refractivity contribution in [2.45, 2.75) is 13.0 Å². The minimum atomic E-state index is -3.02. The van der Waals surface area contributed by atoms with Crippen molar-refractivity contribution in [2.75, 3.05) is 18.1 Å². The van der Waals surface area contributed by atoms with Gasteiger partial charge in [0.1, 0.15) is 0 Å². The molecule has 1 fully saturated rings. The van der Waals surface area contributed by atoms with Gasteiger partial charge in [-0.25, -0.2) is 8.42 Å². The van der Waals surface area contributed by atoms with Gasteiger partial charge < -0.3 is 4.90 Å². The molecule has 0 aromatic heterocycles. The highest BCUT2D eigenvalue weighted by atomic mass is 79.9. The number of halogens is 2. The third-order valence-electron chi connectivity index (χ3n) is 3.10. The number of amides is 1. The number of carbonyl (C=O) groups is 1. The van der Waals surface area contributed by atoms with E-state index in [1.165, 1.54) is 0 Å². The van der Waals surface area contributed by atoms with Crippen molar-refractivity contribution >= 4 is 43.3 Å². The molecule has 0 N–H and O–H groups in total. The molecule has 1 aliphatic rings. The molecule has 2 rings (SSSR count). The minimum Gasteiger partial charge on any atom is -0.334 e. The van der Waals surface area contributed by atoms with Crippen molar-refractivity contribution in [3.63, 3.8) is 0 Å². The molecule has 1 saturated heterocycles. The fourth-order valence-corrected chi connectivity index (χ4v) is 4.15. The zero-order valence-electron chi connectivity index (χ0n) is 10.3. The molecule has 1 aliphatic heterocycles. The molecule has 1 aromatic rings. The van der Waals surface area contributed by atoms with Crippen molar-refractivity contribution in [3.05, 3.63) is 33.3 Å². The molecule has 1 atom stereocenters. The smallest absolute Gasteiger partial charge is 0.254 e. The lowest BCUT2D eigenvalue weighted by Crippen LogP contribution is -2.49. The van der Waals surface area contributed by atoms with E-state index in [9.17, 15) is 13.2 Å². The Kier molecular flexibility index (Phi) is 4.23. The molecule has 0 radical (unpaired) electrons. The fraction of sp³-hybridized carbons (Fsp3) is 0.417. The normalized spacial score (nSPS) is 22.3. The maximum Gasteiger partial charge on any atom is 0.254 e. The first kappa shape index (κ1) is 14.8. The molecule has 1 unspecified atom stereocenters. The maximum atomic E-state index is 12.4. The third-order valence-corrected chi connectivity index (χ3v) is 6.11. The van der Waals surface area contributed by atoms with Crippen LogP contribution in [0.1, 0.15) is 17.3 Å². The fourth-order valence-electron chi connectivity index (χ4n) is 2.10. The molecule has 19 heavy (non-hydrogen) atoms. The lowest BCUT2D eigenvalue weighted by atomic mass is 10.1. The van der Waals surface area contributed by atoms with Crippen LogP contribution in [0.5, 0.6) is 0 Å². The summed E-state index contributed by atoms with van der Waals surface area (Å²) in [6.45, 7) is 1.99. The number of hydrogen-bond acceptors (Lipinski definition) is 3. The van der Waals surface area contributed by atoms with Gasteiger partial charge in [0.05, 0.1) is 16.5 Å². The van der Waals surface area contributed by atoms with Crippen LogP contribution < -0.4 is 0 Å². The molecule has 0 spiro atoms. The highest BCUT2D eigenvalue weighted by Gasteiger charge is 2.31. The van der Waals surface area contributed by atoms with Crippen LogP contribution in [-0.2, 0) is 9.84 Å². The highest BCUT2D eigenvalue weighted by molar-refractivity contribution is 9.10. The van der Waals surface area contributed by atoms with Crippen molar-refractivity contribution in [2.24, 2.45) is 0 Å². The molecule has 1 aromatic carbocycles. The average Bonchev–Trinajstić information content (AvgIpc) is 2.31. The molecule has 0 bridgehead atoms. The Bertz CT molecular complexity index is 617. The summed E-state index contributed by atoms with van der Waals surface area (Å²) in [5, 5.41) is 0.533. The average molecular weight is 367 g/mol. The molecular formula is C12H13BrClNO3S. The summed E-state index contributed by atoms with van der Waals surface area (Å²) in [5.74, 6) is -0.120. The zero-order chi connectivity index (χ0) is 14.2. The Morgan fingerprint density at radius 2 is 2.16 bits per heavy atom. The van der Waals surface area contributed by atoms with Crippen molar-refractivity contribution in [1.82, 2.24) is 4.90 Å². The van der Waals surface area contributed by atoms with Gasteiger partial charge in [-0.05, 0) is 41.1 Å².